The molecule has 1 N–H and O–H groups in total. The van der Waals surface area contributed by atoms with Crippen molar-refractivity contribution in [3.8, 4) is 0 Å². The Morgan fingerprint density at radius 1 is 1.28 bits per heavy atom. The predicted molar refractivity (Wildman–Crippen MR) is 68.9 cm³/mol. The number of morpholine rings is 1. The molecule has 1 heterocycles. The summed E-state index contributed by atoms with van der Waals surface area (Å²) >= 11 is 0. The molecule has 2 aliphatic rings. The first-order valence-corrected chi connectivity index (χ1v) is 6.86. The van der Waals surface area contributed by atoms with Crippen molar-refractivity contribution >= 4 is 0 Å². The minimum atomic E-state index is -0.168. The molecule has 2 nitrogen and oxygen atoms in total. The highest BCUT2D eigenvalue weighted by atomic mass is 19.1. The SMILES string of the molecule is CC1NCC2(CCCC2)OC1c1ccccc1F. The van der Waals surface area contributed by atoms with Gasteiger partial charge in [0.25, 0.3) is 0 Å². The minimum Gasteiger partial charge on any atom is -0.364 e. The van der Waals surface area contributed by atoms with Crippen LogP contribution in [0.4, 0.5) is 4.39 Å². The predicted octanol–water partition coefficient (Wildman–Crippen LogP) is 3.19. The van der Waals surface area contributed by atoms with Gasteiger partial charge in [-0.1, -0.05) is 31.0 Å². The molecule has 98 valence electrons. The summed E-state index contributed by atoms with van der Waals surface area (Å²) in [6.07, 6.45) is 4.47. The van der Waals surface area contributed by atoms with E-state index in [1.807, 2.05) is 12.1 Å². The molecule has 1 aliphatic carbocycles. The third-order valence-electron chi connectivity index (χ3n) is 4.30. The van der Waals surface area contributed by atoms with Crippen LogP contribution in [0.25, 0.3) is 0 Å². The highest BCUT2D eigenvalue weighted by Crippen LogP contribution is 2.41. The Hall–Kier alpha value is -0.930. The van der Waals surface area contributed by atoms with E-state index in [0.717, 1.165) is 19.4 Å². The van der Waals surface area contributed by atoms with Crippen LogP contribution in [0.15, 0.2) is 24.3 Å². The van der Waals surface area contributed by atoms with Crippen LogP contribution in [0, 0.1) is 5.82 Å². The molecule has 2 atom stereocenters. The Balaban J connectivity index is 1.88. The van der Waals surface area contributed by atoms with Crippen LogP contribution < -0.4 is 5.32 Å². The van der Waals surface area contributed by atoms with E-state index in [1.54, 1.807) is 6.07 Å². The van der Waals surface area contributed by atoms with Crippen LogP contribution in [-0.2, 0) is 4.74 Å². The van der Waals surface area contributed by atoms with Crippen molar-refractivity contribution in [2.75, 3.05) is 6.54 Å². The van der Waals surface area contributed by atoms with E-state index in [0.29, 0.717) is 5.56 Å². The fourth-order valence-electron chi connectivity index (χ4n) is 3.22. The summed E-state index contributed by atoms with van der Waals surface area (Å²) in [5, 5.41) is 3.50. The van der Waals surface area contributed by atoms with Gasteiger partial charge in [0.15, 0.2) is 0 Å². The molecule has 2 fully saturated rings. The van der Waals surface area contributed by atoms with Crippen molar-refractivity contribution < 1.29 is 9.13 Å². The Bertz CT molecular complexity index is 428. The summed E-state index contributed by atoms with van der Waals surface area (Å²) in [5.41, 5.74) is 0.628. The summed E-state index contributed by atoms with van der Waals surface area (Å²) in [5.74, 6) is -0.161. The molecule has 0 radical (unpaired) electrons. The zero-order valence-electron chi connectivity index (χ0n) is 10.8. The molecule has 0 amide bonds. The van der Waals surface area contributed by atoms with Crippen LogP contribution in [0.5, 0.6) is 0 Å². The summed E-state index contributed by atoms with van der Waals surface area (Å²) < 4.78 is 20.2. The van der Waals surface area contributed by atoms with Crippen LogP contribution >= 0.6 is 0 Å². The number of nitrogens with one attached hydrogen (secondary N) is 1. The molecule has 1 spiro atoms. The molecule has 0 bridgehead atoms. The molecule has 0 aromatic heterocycles. The third-order valence-corrected chi connectivity index (χ3v) is 4.30. The summed E-state index contributed by atoms with van der Waals surface area (Å²) in [4.78, 5) is 0. The molecule has 18 heavy (non-hydrogen) atoms. The van der Waals surface area contributed by atoms with Gasteiger partial charge in [0, 0.05) is 18.2 Å². The number of halogens is 1. The summed E-state index contributed by atoms with van der Waals surface area (Å²) in [7, 11) is 0. The molecule has 2 unspecified atom stereocenters. The minimum absolute atomic E-state index is 0.0561. The largest absolute Gasteiger partial charge is 0.364 e. The van der Waals surface area contributed by atoms with Gasteiger partial charge in [-0.15, -0.1) is 0 Å². The van der Waals surface area contributed by atoms with Crippen molar-refractivity contribution in [1.82, 2.24) is 5.32 Å². The van der Waals surface area contributed by atoms with E-state index in [1.165, 1.54) is 18.9 Å². The summed E-state index contributed by atoms with van der Waals surface area (Å²) in [6.45, 7) is 2.97. The lowest BCUT2D eigenvalue weighted by Gasteiger charge is -2.43. The fourth-order valence-corrected chi connectivity index (χ4v) is 3.22. The maximum Gasteiger partial charge on any atom is 0.129 e. The highest BCUT2D eigenvalue weighted by molar-refractivity contribution is 5.22. The molecular weight excluding hydrogens is 229 g/mol. The Labute approximate surface area is 108 Å². The second-order valence-electron chi connectivity index (χ2n) is 5.62. The van der Waals surface area contributed by atoms with Gasteiger partial charge in [-0.3, -0.25) is 0 Å². The monoisotopic (exact) mass is 249 g/mol. The van der Waals surface area contributed by atoms with Crippen molar-refractivity contribution in [2.45, 2.75) is 50.4 Å². The van der Waals surface area contributed by atoms with Gasteiger partial charge in [-0.25, -0.2) is 4.39 Å². The number of rotatable bonds is 1. The third kappa shape index (κ3) is 2.06. The number of hydrogen-bond donors (Lipinski definition) is 1. The van der Waals surface area contributed by atoms with Crippen molar-refractivity contribution in [3.63, 3.8) is 0 Å². The summed E-state index contributed by atoms with van der Waals surface area (Å²) in [6, 6.07) is 7.12. The van der Waals surface area contributed by atoms with Gasteiger partial charge >= 0.3 is 0 Å². The maximum absolute atomic E-state index is 13.9. The van der Waals surface area contributed by atoms with Crippen molar-refractivity contribution in [1.29, 1.82) is 0 Å². The fraction of sp³-hybridized carbons (Fsp3) is 0.600. The zero-order chi connectivity index (χ0) is 12.6. The van der Waals surface area contributed by atoms with E-state index < -0.39 is 0 Å². The van der Waals surface area contributed by atoms with Crippen LogP contribution in [0.2, 0.25) is 0 Å². The molecule has 1 saturated carbocycles. The lowest BCUT2D eigenvalue weighted by atomic mass is 9.93. The van der Waals surface area contributed by atoms with Crippen molar-refractivity contribution in [3.05, 3.63) is 35.6 Å². The Morgan fingerprint density at radius 3 is 2.72 bits per heavy atom. The molecular formula is C15H20FNO. The number of benzene rings is 1. The van der Waals surface area contributed by atoms with Gasteiger partial charge in [0.2, 0.25) is 0 Å². The lowest BCUT2D eigenvalue weighted by Crippen LogP contribution is -2.53. The molecule has 3 rings (SSSR count). The standard InChI is InChI=1S/C15H20FNO/c1-11-14(12-6-2-3-7-13(12)16)18-15(10-17-11)8-4-5-9-15/h2-3,6-7,11,14,17H,4-5,8-10H2,1H3. The van der Waals surface area contributed by atoms with E-state index >= 15 is 0 Å². The Kier molecular flexibility index (Phi) is 3.12. The molecule has 3 heteroatoms. The van der Waals surface area contributed by atoms with Gasteiger partial charge < -0.3 is 10.1 Å². The second-order valence-corrected chi connectivity index (χ2v) is 5.62. The van der Waals surface area contributed by atoms with E-state index in [4.69, 9.17) is 4.74 Å². The molecule has 1 aromatic rings. The molecule has 1 saturated heterocycles. The van der Waals surface area contributed by atoms with Crippen LogP contribution in [0.1, 0.15) is 44.3 Å². The van der Waals surface area contributed by atoms with E-state index in [2.05, 4.69) is 12.2 Å². The quantitative estimate of drug-likeness (QED) is 0.825. The average Bonchev–Trinajstić information content (AvgIpc) is 2.82. The zero-order valence-corrected chi connectivity index (χ0v) is 10.8. The van der Waals surface area contributed by atoms with Gasteiger partial charge in [0.1, 0.15) is 11.9 Å². The number of hydrogen-bond acceptors (Lipinski definition) is 2. The Morgan fingerprint density at radius 2 is 2.00 bits per heavy atom. The van der Waals surface area contributed by atoms with Gasteiger partial charge in [0.05, 0.1) is 5.60 Å². The van der Waals surface area contributed by atoms with Crippen LogP contribution in [0.3, 0.4) is 0 Å². The lowest BCUT2D eigenvalue weighted by molar-refractivity contribution is -0.132. The number of ether oxygens (including phenoxy) is 1. The smallest absolute Gasteiger partial charge is 0.129 e. The maximum atomic E-state index is 13.9. The topological polar surface area (TPSA) is 21.3 Å². The molecule has 1 aliphatic heterocycles. The van der Waals surface area contributed by atoms with E-state index in [-0.39, 0.29) is 23.6 Å². The van der Waals surface area contributed by atoms with Crippen molar-refractivity contribution in [2.24, 2.45) is 0 Å². The molecule has 1 aromatic carbocycles. The highest BCUT2D eigenvalue weighted by Gasteiger charge is 2.43. The second kappa shape index (κ2) is 4.63. The first-order chi connectivity index (χ1) is 8.70. The first-order valence-electron chi connectivity index (χ1n) is 6.86. The van der Waals surface area contributed by atoms with E-state index in [9.17, 15) is 4.39 Å². The van der Waals surface area contributed by atoms with Gasteiger partial charge in [-0.2, -0.15) is 0 Å². The van der Waals surface area contributed by atoms with Crippen LogP contribution in [-0.4, -0.2) is 18.2 Å². The normalized spacial score (nSPS) is 30.8. The average molecular weight is 249 g/mol. The van der Waals surface area contributed by atoms with Gasteiger partial charge in [-0.05, 0) is 25.8 Å². The first kappa shape index (κ1) is 12.1.